The summed E-state index contributed by atoms with van der Waals surface area (Å²) in [6, 6.07) is 0. The number of unbranched alkanes of at least 4 members (excludes halogenated alkanes) is 15. The monoisotopic (exact) mass is 442 g/mol. The lowest BCUT2D eigenvalue weighted by Gasteiger charge is -2.22. The molecule has 2 unspecified atom stereocenters. The van der Waals surface area contributed by atoms with Crippen molar-refractivity contribution in [1.82, 2.24) is 0 Å². The van der Waals surface area contributed by atoms with Gasteiger partial charge in [0.1, 0.15) is 6.10 Å². The molecule has 184 valence electrons. The first-order chi connectivity index (χ1) is 15.1. The Morgan fingerprint density at radius 1 is 0.871 bits per heavy atom. The van der Waals surface area contributed by atoms with Gasteiger partial charge in [0.15, 0.2) is 5.79 Å². The molecule has 1 N–H and O–H groups in total. The van der Waals surface area contributed by atoms with E-state index in [9.17, 15) is 4.79 Å². The van der Waals surface area contributed by atoms with E-state index in [0.29, 0.717) is 19.6 Å². The van der Waals surface area contributed by atoms with Crippen LogP contribution in [0.3, 0.4) is 0 Å². The molecule has 1 rings (SSSR count). The van der Waals surface area contributed by atoms with Crippen LogP contribution in [-0.4, -0.2) is 42.8 Å². The maximum atomic E-state index is 10.7. The van der Waals surface area contributed by atoms with E-state index in [1.807, 2.05) is 6.92 Å². The number of carbonyl (C=O) groups is 1. The molecule has 2 atom stereocenters. The van der Waals surface area contributed by atoms with Gasteiger partial charge in [0.2, 0.25) is 0 Å². The molecule has 0 spiro atoms. The van der Waals surface area contributed by atoms with Crippen LogP contribution in [0, 0.1) is 0 Å². The third kappa shape index (κ3) is 16.6. The maximum Gasteiger partial charge on any atom is 0.303 e. The molecule has 1 saturated heterocycles. The van der Waals surface area contributed by atoms with Gasteiger partial charge in [-0.15, -0.1) is 0 Å². The third-order valence-electron chi connectivity index (χ3n) is 6.23. The Labute approximate surface area is 191 Å². The average molecular weight is 443 g/mol. The highest BCUT2D eigenvalue weighted by Gasteiger charge is 2.37. The Balaban J connectivity index is 1.77. The zero-order valence-electron chi connectivity index (χ0n) is 20.5. The van der Waals surface area contributed by atoms with E-state index in [1.165, 1.54) is 96.3 Å². The van der Waals surface area contributed by atoms with Crippen molar-refractivity contribution in [2.45, 2.75) is 141 Å². The fraction of sp³-hybridized carbons (Fsp3) is 0.962. The Hall–Kier alpha value is -0.650. The summed E-state index contributed by atoms with van der Waals surface area (Å²) in [6.07, 6.45) is 22.3. The largest absolute Gasteiger partial charge is 0.481 e. The zero-order valence-corrected chi connectivity index (χ0v) is 20.5. The fourth-order valence-corrected chi connectivity index (χ4v) is 4.20. The number of carboxylic acids is 1. The van der Waals surface area contributed by atoms with Crippen LogP contribution in [-0.2, 0) is 19.0 Å². The van der Waals surface area contributed by atoms with Gasteiger partial charge in [0.05, 0.1) is 19.6 Å². The van der Waals surface area contributed by atoms with Crippen LogP contribution in [0.25, 0.3) is 0 Å². The van der Waals surface area contributed by atoms with Crippen molar-refractivity contribution in [3.05, 3.63) is 0 Å². The second kappa shape index (κ2) is 18.9. The molecule has 0 aliphatic carbocycles. The van der Waals surface area contributed by atoms with Crippen LogP contribution >= 0.6 is 0 Å². The Bertz CT molecular complexity index is 428. The van der Waals surface area contributed by atoms with E-state index in [2.05, 4.69) is 6.92 Å². The lowest BCUT2D eigenvalue weighted by atomic mass is 10.0. The van der Waals surface area contributed by atoms with E-state index < -0.39 is 11.8 Å². The molecule has 5 heteroatoms. The summed E-state index contributed by atoms with van der Waals surface area (Å²) >= 11 is 0. The first-order valence-corrected chi connectivity index (χ1v) is 13.2. The maximum absolute atomic E-state index is 10.7. The van der Waals surface area contributed by atoms with Crippen molar-refractivity contribution in [3.8, 4) is 0 Å². The van der Waals surface area contributed by atoms with Gasteiger partial charge in [-0.2, -0.15) is 0 Å². The summed E-state index contributed by atoms with van der Waals surface area (Å²) in [4.78, 5) is 10.7. The van der Waals surface area contributed by atoms with E-state index in [0.717, 1.165) is 13.0 Å². The summed E-state index contributed by atoms with van der Waals surface area (Å²) < 4.78 is 17.2. The van der Waals surface area contributed by atoms with Gasteiger partial charge < -0.3 is 19.3 Å². The summed E-state index contributed by atoms with van der Waals surface area (Å²) in [7, 11) is 0. The molecule has 1 aliphatic heterocycles. The number of aliphatic carboxylic acids is 1. The van der Waals surface area contributed by atoms with Gasteiger partial charge in [-0.05, 0) is 13.3 Å². The van der Waals surface area contributed by atoms with Crippen LogP contribution in [0.5, 0.6) is 0 Å². The van der Waals surface area contributed by atoms with Gasteiger partial charge in [-0.1, -0.05) is 103 Å². The number of carboxylic acid groups (broad SMARTS) is 1. The smallest absolute Gasteiger partial charge is 0.303 e. The molecule has 1 fully saturated rings. The quantitative estimate of drug-likeness (QED) is 0.179. The van der Waals surface area contributed by atoms with Crippen molar-refractivity contribution in [1.29, 1.82) is 0 Å². The number of ether oxygens (including phenoxy) is 3. The molecule has 5 nitrogen and oxygen atoms in total. The minimum absolute atomic E-state index is 0.0588. The summed E-state index contributed by atoms with van der Waals surface area (Å²) in [6.45, 7) is 5.87. The Morgan fingerprint density at radius 2 is 1.35 bits per heavy atom. The zero-order chi connectivity index (χ0) is 22.6. The Kier molecular flexibility index (Phi) is 17.3. The van der Waals surface area contributed by atoms with Gasteiger partial charge in [-0.3, -0.25) is 4.79 Å². The standard InChI is InChI=1S/C26H50O5/c1-3-4-5-6-7-8-9-10-11-12-13-14-15-16-17-18-21-29-22-24-23-30-26(2,31-24)20-19-25(27)28/h24H,3-23H2,1-2H3,(H,27,28). The van der Waals surface area contributed by atoms with Crippen LogP contribution < -0.4 is 0 Å². The van der Waals surface area contributed by atoms with E-state index >= 15 is 0 Å². The van der Waals surface area contributed by atoms with Crippen molar-refractivity contribution in [2.24, 2.45) is 0 Å². The lowest BCUT2D eigenvalue weighted by molar-refractivity contribution is -0.170. The highest BCUT2D eigenvalue weighted by molar-refractivity contribution is 5.66. The number of hydrogen-bond acceptors (Lipinski definition) is 4. The third-order valence-corrected chi connectivity index (χ3v) is 6.23. The SMILES string of the molecule is CCCCCCCCCCCCCCCCCCOCC1COC(C)(CCC(=O)O)O1. The minimum atomic E-state index is -0.823. The van der Waals surface area contributed by atoms with Gasteiger partial charge in [0, 0.05) is 13.0 Å². The minimum Gasteiger partial charge on any atom is -0.481 e. The van der Waals surface area contributed by atoms with E-state index in [1.54, 1.807) is 0 Å². The lowest BCUT2D eigenvalue weighted by Crippen LogP contribution is -2.28. The summed E-state index contributed by atoms with van der Waals surface area (Å²) in [5.41, 5.74) is 0. The first kappa shape index (κ1) is 28.4. The molecule has 0 amide bonds. The molecule has 0 bridgehead atoms. The average Bonchev–Trinajstić information content (AvgIpc) is 3.13. The molecular weight excluding hydrogens is 392 g/mol. The molecule has 0 saturated carbocycles. The molecule has 1 heterocycles. The molecular formula is C26H50O5. The Morgan fingerprint density at radius 3 is 1.84 bits per heavy atom. The summed E-state index contributed by atoms with van der Waals surface area (Å²) in [5.74, 6) is -1.60. The number of rotatable bonds is 22. The molecule has 1 aliphatic rings. The molecule has 0 radical (unpaired) electrons. The van der Waals surface area contributed by atoms with Crippen molar-refractivity contribution in [2.75, 3.05) is 19.8 Å². The van der Waals surface area contributed by atoms with Crippen LogP contribution in [0.15, 0.2) is 0 Å². The van der Waals surface area contributed by atoms with Gasteiger partial charge in [0.25, 0.3) is 0 Å². The van der Waals surface area contributed by atoms with Crippen LogP contribution in [0.1, 0.15) is 129 Å². The fourth-order valence-electron chi connectivity index (χ4n) is 4.20. The molecule has 0 aromatic carbocycles. The second-order valence-electron chi connectivity index (χ2n) is 9.46. The van der Waals surface area contributed by atoms with Gasteiger partial charge >= 0.3 is 5.97 Å². The highest BCUT2D eigenvalue weighted by atomic mass is 16.7. The predicted octanol–water partition coefficient (Wildman–Crippen LogP) is 7.26. The van der Waals surface area contributed by atoms with Crippen molar-refractivity contribution >= 4 is 5.97 Å². The normalized spacial score (nSPS) is 21.0. The van der Waals surface area contributed by atoms with Crippen molar-refractivity contribution in [3.63, 3.8) is 0 Å². The van der Waals surface area contributed by atoms with Gasteiger partial charge in [-0.25, -0.2) is 0 Å². The number of hydrogen-bond donors (Lipinski definition) is 1. The molecule has 31 heavy (non-hydrogen) atoms. The molecule has 0 aromatic rings. The van der Waals surface area contributed by atoms with Crippen LogP contribution in [0.2, 0.25) is 0 Å². The topological polar surface area (TPSA) is 65.0 Å². The van der Waals surface area contributed by atoms with E-state index in [4.69, 9.17) is 19.3 Å². The highest BCUT2D eigenvalue weighted by Crippen LogP contribution is 2.28. The molecule has 0 aromatic heterocycles. The predicted molar refractivity (Wildman–Crippen MR) is 126 cm³/mol. The van der Waals surface area contributed by atoms with E-state index in [-0.39, 0.29) is 12.5 Å². The first-order valence-electron chi connectivity index (χ1n) is 13.2. The van der Waals surface area contributed by atoms with Crippen molar-refractivity contribution < 1.29 is 24.1 Å². The van der Waals surface area contributed by atoms with Crippen LogP contribution in [0.4, 0.5) is 0 Å². The second-order valence-corrected chi connectivity index (χ2v) is 9.46. The summed E-state index contributed by atoms with van der Waals surface area (Å²) in [5, 5.41) is 8.79.